The highest BCUT2D eigenvalue weighted by Crippen LogP contribution is 2.34. The number of hydrogen-bond acceptors (Lipinski definition) is 0. The van der Waals surface area contributed by atoms with Crippen LogP contribution >= 0.6 is 0 Å². The Morgan fingerprint density at radius 2 is 1.90 bits per heavy atom. The SMILES string of the molecule is [CH2]CC1CCC(C)C(C)C1. The quantitative estimate of drug-likeness (QED) is 0.523. The highest BCUT2D eigenvalue weighted by Gasteiger charge is 2.22. The van der Waals surface area contributed by atoms with Crippen LogP contribution in [0.15, 0.2) is 0 Å². The van der Waals surface area contributed by atoms with E-state index >= 15 is 0 Å². The van der Waals surface area contributed by atoms with Gasteiger partial charge >= 0.3 is 0 Å². The topological polar surface area (TPSA) is 0 Å². The van der Waals surface area contributed by atoms with Crippen LogP contribution in [0.3, 0.4) is 0 Å². The van der Waals surface area contributed by atoms with Crippen molar-refractivity contribution in [1.29, 1.82) is 0 Å². The van der Waals surface area contributed by atoms with Crippen molar-refractivity contribution in [3.63, 3.8) is 0 Å². The average Bonchev–Trinajstić information content (AvgIpc) is 1.95. The molecule has 0 aliphatic heterocycles. The van der Waals surface area contributed by atoms with Crippen molar-refractivity contribution in [2.75, 3.05) is 0 Å². The fourth-order valence-electron chi connectivity index (χ4n) is 1.92. The molecule has 1 saturated carbocycles. The molecular weight excluding hydrogens is 120 g/mol. The van der Waals surface area contributed by atoms with Crippen LogP contribution in [0.2, 0.25) is 0 Å². The van der Waals surface area contributed by atoms with Crippen molar-refractivity contribution in [2.45, 2.75) is 39.5 Å². The predicted molar refractivity (Wildman–Crippen MR) is 45.6 cm³/mol. The van der Waals surface area contributed by atoms with E-state index in [2.05, 4.69) is 20.8 Å². The maximum Gasteiger partial charge on any atom is -0.0412 e. The van der Waals surface area contributed by atoms with E-state index in [1.807, 2.05) is 0 Å². The summed E-state index contributed by atoms with van der Waals surface area (Å²) in [6.45, 7) is 8.73. The predicted octanol–water partition coefficient (Wildman–Crippen LogP) is 3.28. The van der Waals surface area contributed by atoms with E-state index in [-0.39, 0.29) is 0 Å². The first-order valence-electron chi connectivity index (χ1n) is 4.53. The third-order valence-electron chi connectivity index (χ3n) is 3.12. The molecule has 0 amide bonds. The van der Waals surface area contributed by atoms with Crippen molar-refractivity contribution >= 4 is 0 Å². The van der Waals surface area contributed by atoms with Crippen LogP contribution in [0.5, 0.6) is 0 Å². The van der Waals surface area contributed by atoms with Gasteiger partial charge < -0.3 is 0 Å². The van der Waals surface area contributed by atoms with Gasteiger partial charge in [-0.05, 0) is 24.2 Å². The normalized spacial score (nSPS) is 41.7. The third kappa shape index (κ3) is 1.74. The van der Waals surface area contributed by atoms with E-state index in [0.717, 1.165) is 24.2 Å². The van der Waals surface area contributed by atoms with E-state index in [1.165, 1.54) is 19.3 Å². The van der Waals surface area contributed by atoms with Crippen molar-refractivity contribution < 1.29 is 0 Å². The first kappa shape index (κ1) is 8.10. The van der Waals surface area contributed by atoms with Gasteiger partial charge in [0.1, 0.15) is 0 Å². The van der Waals surface area contributed by atoms with E-state index in [1.54, 1.807) is 0 Å². The van der Waals surface area contributed by atoms with Gasteiger partial charge in [-0.15, -0.1) is 0 Å². The van der Waals surface area contributed by atoms with E-state index in [0.29, 0.717) is 0 Å². The van der Waals surface area contributed by atoms with Crippen LogP contribution in [0.25, 0.3) is 0 Å². The maximum absolute atomic E-state index is 3.97. The molecule has 1 rings (SSSR count). The molecule has 1 aliphatic rings. The zero-order valence-electron chi connectivity index (χ0n) is 7.27. The smallest absolute Gasteiger partial charge is 0.0412 e. The Hall–Kier alpha value is 0. The lowest BCUT2D eigenvalue weighted by Crippen LogP contribution is -2.20. The molecule has 3 atom stereocenters. The standard InChI is InChI=1S/C10H19/c1-4-10-6-5-8(2)9(3)7-10/h8-10H,1,4-7H2,2-3H3. The third-order valence-corrected chi connectivity index (χ3v) is 3.12. The van der Waals surface area contributed by atoms with Gasteiger partial charge in [0.05, 0.1) is 0 Å². The fraction of sp³-hybridized carbons (Fsp3) is 0.900. The summed E-state index contributed by atoms with van der Waals surface area (Å²) in [6.07, 6.45) is 5.43. The summed E-state index contributed by atoms with van der Waals surface area (Å²) in [4.78, 5) is 0. The summed E-state index contributed by atoms with van der Waals surface area (Å²) >= 11 is 0. The largest absolute Gasteiger partial charge is 0.0623 e. The highest BCUT2D eigenvalue weighted by molar-refractivity contribution is 4.75. The minimum Gasteiger partial charge on any atom is -0.0623 e. The molecule has 1 aliphatic carbocycles. The van der Waals surface area contributed by atoms with Gasteiger partial charge in [0.2, 0.25) is 0 Å². The summed E-state index contributed by atoms with van der Waals surface area (Å²) in [6, 6.07) is 0. The molecule has 3 unspecified atom stereocenters. The van der Waals surface area contributed by atoms with E-state index in [4.69, 9.17) is 0 Å². The Kier molecular flexibility index (Phi) is 2.76. The molecule has 0 nitrogen and oxygen atoms in total. The molecule has 0 heterocycles. The lowest BCUT2D eigenvalue weighted by atomic mass is 9.75. The zero-order chi connectivity index (χ0) is 7.56. The van der Waals surface area contributed by atoms with Crippen LogP contribution in [-0.2, 0) is 0 Å². The van der Waals surface area contributed by atoms with Gasteiger partial charge in [-0.25, -0.2) is 0 Å². The van der Waals surface area contributed by atoms with Crippen molar-refractivity contribution in [3.8, 4) is 0 Å². The highest BCUT2D eigenvalue weighted by atomic mass is 14.3. The second-order valence-electron chi connectivity index (χ2n) is 3.92. The fourth-order valence-corrected chi connectivity index (χ4v) is 1.92. The first-order valence-corrected chi connectivity index (χ1v) is 4.53. The number of rotatable bonds is 1. The van der Waals surface area contributed by atoms with Crippen LogP contribution in [0.1, 0.15) is 39.5 Å². The number of hydrogen-bond donors (Lipinski definition) is 0. The van der Waals surface area contributed by atoms with Gasteiger partial charge in [0, 0.05) is 0 Å². The van der Waals surface area contributed by atoms with Crippen LogP contribution < -0.4 is 0 Å². The van der Waals surface area contributed by atoms with Gasteiger partial charge in [0.15, 0.2) is 0 Å². The van der Waals surface area contributed by atoms with Gasteiger partial charge in [0.25, 0.3) is 0 Å². The van der Waals surface area contributed by atoms with Gasteiger partial charge in [-0.2, -0.15) is 0 Å². The average molecular weight is 139 g/mol. The molecule has 0 bridgehead atoms. The Labute approximate surface area is 65.0 Å². The van der Waals surface area contributed by atoms with Crippen LogP contribution in [0.4, 0.5) is 0 Å². The molecule has 10 heavy (non-hydrogen) atoms. The van der Waals surface area contributed by atoms with Gasteiger partial charge in [-0.1, -0.05) is 40.0 Å². The van der Waals surface area contributed by atoms with Crippen LogP contribution in [0, 0.1) is 24.7 Å². The molecule has 0 aromatic carbocycles. The molecule has 0 saturated heterocycles. The lowest BCUT2D eigenvalue weighted by Gasteiger charge is -2.31. The minimum absolute atomic E-state index is 0.936. The molecule has 59 valence electrons. The molecular formula is C10H19. The lowest BCUT2D eigenvalue weighted by molar-refractivity contribution is 0.209. The van der Waals surface area contributed by atoms with E-state index < -0.39 is 0 Å². The van der Waals surface area contributed by atoms with Crippen molar-refractivity contribution in [3.05, 3.63) is 6.92 Å². The molecule has 1 fully saturated rings. The summed E-state index contributed by atoms with van der Waals surface area (Å²) in [5.74, 6) is 2.84. The maximum atomic E-state index is 3.97. The monoisotopic (exact) mass is 139 g/mol. The minimum atomic E-state index is 0.936. The Balaban J connectivity index is 2.33. The van der Waals surface area contributed by atoms with Crippen molar-refractivity contribution in [2.24, 2.45) is 17.8 Å². The second kappa shape index (κ2) is 3.41. The van der Waals surface area contributed by atoms with Crippen LogP contribution in [-0.4, -0.2) is 0 Å². The summed E-state index contributed by atoms with van der Waals surface area (Å²) < 4.78 is 0. The summed E-state index contributed by atoms with van der Waals surface area (Å²) in [5.41, 5.74) is 0. The van der Waals surface area contributed by atoms with Crippen molar-refractivity contribution in [1.82, 2.24) is 0 Å². The molecule has 0 aromatic heterocycles. The summed E-state index contributed by atoms with van der Waals surface area (Å²) in [5, 5.41) is 0. The molecule has 0 N–H and O–H groups in total. The molecule has 1 radical (unpaired) electrons. The Morgan fingerprint density at radius 3 is 2.40 bits per heavy atom. The molecule has 0 aromatic rings. The summed E-state index contributed by atoms with van der Waals surface area (Å²) in [7, 11) is 0. The zero-order valence-corrected chi connectivity index (χ0v) is 7.27. The molecule has 0 spiro atoms. The Morgan fingerprint density at radius 1 is 1.20 bits per heavy atom. The van der Waals surface area contributed by atoms with Gasteiger partial charge in [-0.3, -0.25) is 0 Å². The Bertz CT molecular complexity index is 96.2. The second-order valence-corrected chi connectivity index (χ2v) is 3.92. The van der Waals surface area contributed by atoms with E-state index in [9.17, 15) is 0 Å². The molecule has 0 heteroatoms. The first-order chi connectivity index (χ1) is 4.74.